The molecule has 0 bridgehead atoms. The molecule has 1 aromatic rings. The van der Waals surface area contributed by atoms with Crippen LogP contribution in [0.4, 0.5) is 17.6 Å². The van der Waals surface area contributed by atoms with Crippen molar-refractivity contribution >= 4 is 21.7 Å². The number of benzene rings is 1. The first-order valence-corrected chi connectivity index (χ1v) is 6.59. The Kier molecular flexibility index (Phi) is 6.06. The average Bonchev–Trinajstić information content (AvgIpc) is 2.48. The second-order valence-electron chi connectivity index (χ2n) is 4.34. The van der Waals surface area contributed by atoms with Crippen LogP contribution in [-0.4, -0.2) is 30.1 Å². The van der Waals surface area contributed by atoms with Gasteiger partial charge in [-0.15, -0.1) is 0 Å². The van der Waals surface area contributed by atoms with Crippen LogP contribution in [0.1, 0.15) is 17.3 Å². The normalized spacial score (nSPS) is 12.3. The van der Waals surface area contributed by atoms with Gasteiger partial charge in [-0.25, -0.2) is 17.6 Å². The molecule has 1 atom stereocenters. The molecule has 0 aliphatic rings. The van der Waals surface area contributed by atoms with Crippen molar-refractivity contribution in [1.82, 2.24) is 5.32 Å². The van der Waals surface area contributed by atoms with E-state index in [9.17, 15) is 22.4 Å². The third-order valence-electron chi connectivity index (χ3n) is 2.70. The zero-order valence-corrected chi connectivity index (χ0v) is 12.5. The van der Waals surface area contributed by atoms with Gasteiger partial charge in [0, 0.05) is 18.2 Å². The predicted octanol–water partition coefficient (Wildman–Crippen LogP) is 2.71. The molecule has 0 unspecified atom stereocenters. The Labute approximate surface area is 126 Å². The summed E-state index contributed by atoms with van der Waals surface area (Å²) in [5, 5.41) is 11.4. The highest BCUT2D eigenvalue weighted by atomic mass is 79.9. The van der Waals surface area contributed by atoms with E-state index in [2.05, 4.69) is 27.8 Å². The minimum Gasteiger partial charge on any atom is -0.395 e. The average molecular weight is 370 g/mol. The largest absolute Gasteiger partial charge is 0.395 e. The van der Waals surface area contributed by atoms with E-state index in [0.29, 0.717) is 0 Å². The van der Waals surface area contributed by atoms with Crippen LogP contribution in [-0.2, 0) is 0 Å². The summed E-state index contributed by atoms with van der Waals surface area (Å²) in [6.45, 7) is 4.49. The van der Waals surface area contributed by atoms with E-state index in [4.69, 9.17) is 5.11 Å². The Hall–Kier alpha value is -1.25. The molecule has 1 aromatic carbocycles. The third-order valence-corrected chi connectivity index (χ3v) is 3.39. The van der Waals surface area contributed by atoms with Crippen LogP contribution >= 0.6 is 15.9 Å². The van der Waals surface area contributed by atoms with Crippen molar-refractivity contribution in [3.63, 3.8) is 0 Å². The van der Waals surface area contributed by atoms with Crippen LogP contribution < -0.4 is 5.32 Å². The topological polar surface area (TPSA) is 49.3 Å². The third kappa shape index (κ3) is 3.69. The highest BCUT2D eigenvalue weighted by Crippen LogP contribution is 2.29. The van der Waals surface area contributed by atoms with E-state index in [1.54, 1.807) is 6.92 Å². The quantitative estimate of drug-likeness (QED) is 0.266. The number of rotatable bonds is 6. The first-order chi connectivity index (χ1) is 9.72. The smallest absolute Gasteiger partial charge is 0.195 e. The van der Waals surface area contributed by atoms with Crippen LogP contribution in [0.25, 0.3) is 0 Å². The van der Waals surface area contributed by atoms with Gasteiger partial charge in [0.05, 0.1) is 16.6 Å². The van der Waals surface area contributed by atoms with Crippen LogP contribution in [0, 0.1) is 23.3 Å². The van der Waals surface area contributed by atoms with E-state index >= 15 is 0 Å². The van der Waals surface area contributed by atoms with Gasteiger partial charge in [-0.3, -0.25) is 4.79 Å². The molecule has 0 fully saturated rings. The molecule has 1 rings (SSSR count). The van der Waals surface area contributed by atoms with E-state index in [1.807, 2.05) is 0 Å². The Morgan fingerprint density at radius 1 is 1.24 bits per heavy atom. The number of aliphatic hydroxyl groups excluding tert-OH is 1. The fourth-order valence-corrected chi connectivity index (χ4v) is 1.77. The Morgan fingerprint density at radius 2 is 1.71 bits per heavy atom. The van der Waals surface area contributed by atoms with Crippen molar-refractivity contribution in [2.45, 2.75) is 13.0 Å². The van der Waals surface area contributed by atoms with Gasteiger partial charge in [0.15, 0.2) is 29.1 Å². The Balaban J connectivity index is 3.11. The monoisotopic (exact) mass is 369 g/mol. The minimum atomic E-state index is -1.79. The van der Waals surface area contributed by atoms with Gasteiger partial charge in [-0.2, -0.15) is 0 Å². The first-order valence-electron chi connectivity index (χ1n) is 5.80. The van der Waals surface area contributed by atoms with Gasteiger partial charge in [0.25, 0.3) is 0 Å². The number of hydrogen-bond acceptors (Lipinski definition) is 3. The highest BCUT2D eigenvalue weighted by Gasteiger charge is 2.29. The van der Waals surface area contributed by atoms with Crippen molar-refractivity contribution in [2.75, 3.05) is 13.2 Å². The number of hydrogen-bond donors (Lipinski definition) is 2. The van der Waals surface area contributed by atoms with E-state index in [1.165, 1.54) is 0 Å². The zero-order chi connectivity index (χ0) is 16.3. The summed E-state index contributed by atoms with van der Waals surface area (Å²) >= 11 is 2.36. The molecule has 0 radical (unpaired) electrons. The predicted molar refractivity (Wildman–Crippen MR) is 72.0 cm³/mol. The summed E-state index contributed by atoms with van der Waals surface area (Å²) in [7, 11) is 0. The van der Waals surface area contributed by atoms with Crippen LogP contribution in [0.3, 0.4) is 0 Å². The standard InChI is InChI=1S/C13H12BrF4NO2/c1-5(3-19-6(2)4-20)13(21)7-9(15)11(17)8(14)12(18)10(7)16/h6,19-20H,1,3-4H2,2H3/t6-/m0/s1. The zero-order valence-electron chi connectivity index (χ0n) is 10.9. The highest BCUT2D eigenvalue weighted by molar-refractivity contribution is 9.10. The second-order valence-corrected chi connectivity index (χ2v) is 5.14. The molecule has 0 aliphatic heterocycles. The fraction of sp³-hybridized carbons (Fsp3) is 0.308. The number of ketones is 1. The number of halogens is 5. The van der Waals surface area contributed by atoms with Crippen molar-refractivity contribution in [2.24, 2.45) is 0 Å². The molecule has 0 heterocycles. The van der Waals surface area contributed by atoms with Gasteiger partial charge < -0.3 is 10.4 Å². The van der Waals surface area contributed by atoms with Crippen molar-refractivity contribution in [3.8, 4) is 0 Å². The van der Waals surface area contributed by atoms with Crippen LogP contribution in [0.2, 0.25) is 0 Å². The molecule has 0 saturated heterocycles. The SMILES string of the molecule is C=C(CN[C@@H](C)CO)C(=O)c1c(F)c(F)c(Br)c(F)c1F. The molecule has 0 aromatic heterocycles. The summed E-state index contributed by atoms with van der Waals surface area (Å²) < 4.78 is 53.0. The van der Waals surface area contributed by atoms with Crippen LogP contribution in [0.5, 0.6) is 0 Å². The summed E-state index contributed by atoms with van der Waals surface area (Å²) in [5.74, 6) is -8.22. The van der Waals surface area contributed by atoms with E-state index < -0.39 is 39.1 Å². The first kappa shape index (κ1) is 17.8. The maximum atomic E-state index is 13.6. The lowest BCUT2D eigenvalue weighted by Crippen LogP contribution is -2.32. The lowest BCUT2D eigenvalue weighted by atomic mass is 10.0. The van der Waals surface area contributed by atoms with E-state index in [0.717, 1.165) is 0 Å². The summed E-state index contributed by atoms with van der Waals surface area (Å²) in [4.78, 5) is 11.9. The second kappa shape index (κ2) is 7.15. The number of carbonyl (C=O) groups excluding carboxylic acids is 1. The number of carbonyl (C=O) groups is 1. The molecule has 8 heteroatoms. The molecule has 116 valence electrons. The molecule has 0 amide bonds. The van der Waals surface area contributed by atoms with Gasteiger partial charge in [-0.05, 0) is 22.9 Å². The molecule has 2 N–H and O–H groups in total. The van der Waals surface area contributed by atoms with Gasteiger partial charge in [0.1, 0.15) is 0 Å². The lowest BCUT2D eigenvalue weighted by molar-refractivity contribution is 0.102. The molecular formula is C13H12BrF4NO2. The van der Waals surface area contributed by atoms with Crippen molar-refractivity contribution in [1.29, 1.82) is 0 Å². The molecule has 0 saturated carbocycles. The number of nitrogens with one attached hydrogen (secondary N) is 1. The maximum Gasteiger partial charge on any atom is 0.195 e. The maximum absolute atomic E-state index is 13.6. The Morgan fingerprint density at radius 3 is 2.14 bits per heavy atom. The van der Waals surface area contributed by atoms with Gasteiger partial charge in [0.2, 0.25) is 0 Å². The summed E-state index contributed by atoms with van der Waals surface area (Å²) in [5.41, 5.74) is -1.63. The number of aliphatic hydroxyl groups is 1. The lowest BCUT2D eigenvalue weighted by Gasteiger charge is -2.13. The van der Waals surface area contributed by atoms with E-state index in [-0.39, 0.29) is 24.8 Å². The van der Waals surface area contributed by atoms with Crippen LogP contribution in [0.15, 0.2) is 16.6 Å². The summed E-state index contributed by atoms with van der Waals surface area (Å²) in [6.07, 6.45) is 0. The van der Waals surface area contributed by atoms with Gasteiger partial charge >= 0.3 is 0 Å². The molecule has 0 spiro atoms. The van der Waals surface area contributed by atoms with Gasteiger partial charge in [-0.1, -0.05) is 6.58 Å². The molecule has 3 nitrogen and oxygen atoms in total. The number of Topliss-reactive ketones (excluding diaryl/α,β-unsaturated/α-hetero) is 1. The Bertz CT molecular complexity index is 563. The fourth-order valence-electron chi connectivity index (χ4n) is 1.42. The van der Waals surface area contributed by atoms with Crippen molar-refractivity contribution in [3.05, 3.63) is 45.5 Å². The molecular weight excluding hydrogens is 358 g/mol. The summed E-state index contributed by atoms with van der Waals surface area (Å²) in [6, 6.07) is -0.386. The van der Waals surface area contributed by atoms with Crippen molar-refractivity contribution < 1.29 is 27.5 Å². The minimum absolute atomic E-state index is 0.196. The molecule has 21 heavy (non-hydrogen) atoms. The molecule has 0 aliphatic carbocycles.